The van der Waals surface area contributed by atoms with Crippen molar-refractivity contribution >= 4 is 27.3 Å². The molecule has 2 fully saturated rings. The topological polar surface area (TPSA) is 55.2 Å². The van der Waals surface area contributed by atoms with Gasteiger partial charge in [0, 0.05) is 6.04 Å². The molecule has 2 saturated carbocycles. The van der Waals surface area contributed by atoms with Gasteiger partial charge in [0.2, 0.25) is 0 Å². The van der Waals surface area contributed by atoms with Gasteiger partial charge in [-0.2, -0.15) is 0 Å². The molecule has 0 saturated heterocycles. The average Bonchev–Trinajstić information content (AvgIpc) is 3.23. The first-order chi connectivity index (χ1) is 9.06. The maximum Gasteiger partial charge on any atom is 0.295 e. The summed E-state index contributed by atoms with van der Waals surface area (Å²) in [5.41, 5.74) is 0.231. The summed E-state index contributed by atoms with van der Waals surface area (Å²) in [7, 11) is 0. The predicted octanol–water partition coefficient (Wildman–Crippen LogP) is 4.10. The van der Waals surface area contributed by atoms with Crippen molar-refractivity contribution in [1.82, 2.24) is 0 Å². The van der Waals surface area contributed by atoms with Gasteiger partial charge in [0.05, 0.1) is 15.5 Å². The number of halogens is 2. The third kappa shape index (κ3) is 2.73. The Hall–Kier alpha value is -1.17. The lowest BCUT2D eigenvalue weighted by molar-refractivity contribution is -0.384. The van der Waals surface area contributed by atoms with Crippen LogP contribution in [0.15, 0.2) is 16.6 Å². The van der Waals surface area contributed by atoms with E-state index >= 15 is 0 Å². The monoisotopic (exact) mass is 328 g/mol. The van der Waals surface area contributed by atoms with E-state index in [1.165, 1.54) is 31.7 Å². The van der Waals surface area contributed by atoms with Crippen molar-refractivity contribution in [2.45, 2.75) is 31.7 Å². The van der Waals surface area contributed by atoms with Crippen LogP contribution < -0.4 is 5.32 Å². The van der Waals surface area contributed by atoms with Crippen LogP contribution in [0.25, 0.3) is 0 Å². The van der Waals surface area contributed by atoms with E-state index in [0.717, 1.165) is 6.07 Å². The number of nitro benzene ring substituents is 1. The molecule has 4 nitrogen and oxygen atoms in total. The van der Waals surface area contributed by atoms with Crippen molar-refractivity contribution in [2.75, 3.05) is 5.32 Å². The van der Waals surface area contributed by atoms with Gasteiger partial charge in [-0.3, -0.25) is 10.1 Å². The molecule has 0 atom stereocenters. The molecular formula is C13H14BrFN2O2. The van der Waals surface area contributed by atoms with Gasteiger partial charge in [0.1, 0.15) is 11.5 Å². The van der Waals surface area contributed by atoms with Crippen LogP contribution >= 0.6 is 15.9 Å². The van der Waals surface area contributed by atoms with Crippen molar-refractivity contribution < 1.29 is 9.31 Å². The van der Waals surface area contributed by atoms with Crippen molar-refractivity contribution in [3.63, 3.8) is 0 Å². The second-order valence-corrected chi connectivity index (χ2v) is 6.24. The van der Waals surface area contributed by atoms with Gasteiger partial charge in [0.25, 0.3) is 5.69 Å². The Balaban J connectivity index is 1.89. The summed E-state index contributed by atoms with van der Waals surface area (Å²) in [4.78, 5) is 10.5. The standard InChI is InChI=1S/C13H14BrFN2O2/c14-9-5-11(12(17(18)19)6-10(9)15)16-13(7-1-2-7)8-3-4-8/h5-8,13,16H,1-4H2. The highest BCUT2D eigenvalue weighted by molar-refractivity contribution is 9.10. The van der Waals surface area contributed by atoms with Crippen LogP contribution in [0, 0.1) is 27.8 Å². The third-order valence-electron chi connectivity index (χ3n) is 3.82. The molecule has 0 aromatic heterocycles. The van der Waals surface area contributed by atoms with Crippen LogP contribution in [0.3, 0.4) is 0 Å². The number of nitrogens with one attached hydrogen (secondary N) is 1. The molecule has 0 spiro atoms. The largest absolute Gasteiger partial charge is 0.376 e. The van der Waals surface area contributed by atoms with E-state index in [2.05, 4.69) is 21.2 Å². The highest BCUT2D eigenvalue weighted by Crippen LogP contribution is 2.46. The van der Waals surface area contributed by atoms with Crippen molar-refractivity contribution in [3.05, 3.63) is 32.5 Å². The SMILES string of the molecule is O=[N+]([O-])c1cc(F)c(Br)cc1NC(C1CC1)C1CC1. The molecule has 2 aliphatic carbocycles. The lowest BCUT2D eigenvalue weighted by atomic mass is 10.1. The van der Waals surface area contributed by atoms with Crippen LogP contribution in [-0.2, 0) is 0 Å². The van der Waals surface area contributed by atoms with Gasteiger partial charge in [-0.15, -0.1) is 0 Å². The smallest absolute Gasteiger partial charge is 0.295 e. The molecule has 2 aliphatic rings. The molecule has 1 aromatic carbocycles. The minimum Gasteiger partial charge on any atom is -0.376 e. The average molecular weight is 329 g/mol. The van der Waals surface area contributed by atoms with Gasteiger partial charge in [0.15, 0.2) is 0 Å². The molecule has 0 unspecified atom stereocenters. The molecule has 19 heavy (non-hydrogen) atoms. The highest BCUT2D eigenvalue weighted by Gasteiger charge is 2.42. The molecule has 0 amide bonds. The third-order valence-corrected chi connectivity index (χ3v) is 4.42. The molecule has 0 heterocycles. The summed E-state index contributed by atoms with van der Waals surface area (Å²) in [6.07, 6.45) is 4.74. The summed E-state index contributed by atoms with van der Waals surface area (Å²) in [6.45, 7) is 0. The minimum atomic E-state index is -0.605. The molecule has 0 aliphatic heterocycles. The fourth-order valence-corrected chi connectivity index (χ4v) is 2.86. The number of nitrogens with zero attached hydrogens (tertiary/aromatic N) is 1. The maximum absolute atomic E-state index is 13.4. The summed E-state index contributed by atoms with van der Waals surface area (Å²) in [6, 6.07) is 2.75. The van der Waals surface area contributed by atoms with E-state index in [4.69, 9.17) is 0 Å². The van der Waals surface area contributed by atoms with Crippen LogP contribution in [0.4, 0.5) is 15.8 Å². The number of hydrogen-bond donors (Lipinski definition) is 1. The van der Waals surface area contributed by atoms with Crippen molar-refractivity contribution in [2.24, 2.45) is 11.8 Å². The molecular weight excluding hydrogens is 315 g/mol. The highest BCUT2D eigenvalue weighted by atomic mass is 79.9. The first-order valence-corrected chi connectivity index (χ1v) is 7.25. The van der Waals surface area contributed by atoms with Gasteiger partial charge >= 0.3 is 0 Å². The molecule has 102 valence electrons. The molecule has 3 rings (SSSR count). The summed E-state index contributed by atoms with van der Waals surface area (Å²) < 4.78 is 13.7. The summed E-state index contributed by atoms with van der Waals surface area (Å²) >= 11 is 3.09. The second-order valence-electron chi connectivity index (χ2n) is 5.39. The number of benzene rings is 1. The Morgan fingerprint density at radius 3 is 2.37 bits per heavy atom. The van der Waals surface area contributed by atoms with E-state index in [-0.39, 0.29) is 10.2 Å². The molecule has 1 aromatic rings. The molecule has 0 radical (unpaired) electrons. The number of anilines is 1. The quantitative estimate of drug-likeness (QED) is 0.654. The lowest BCUT2D eigenvalue weighted by Crippen LogP contribution is -2.24. The predicted molar refractivity (Wildman–Crippen MR) is 73.6 cm³/mol. The van der Waals surface area contributed by atoms with Crippen molar-refractivity contribution in [1.29, 1.82) is 0 Å². The van der Waals surface area contributed by atoms with E-state index in [0.29, 0.717) is 23.6 Å². The molecule has 1 N–H and O–H groups in total. The van der Waals surface area contributed by atoms with Crippen LogP contribution in [0.5, 0.6) is 0 Å². The van der Waals surface area contributed by atoms with E-state index in [9.17, 15) is 14.5 Å². The fraction of sp³-hybridized carbons (Fsp3) is 0.538. The van der Waals surface area contributed by atoms with Gasteiger partial charge in [-0.05, 0) is 59.5 Å². The number of rotatable bonds is 5. The van der Waals surface area contributed by atoms with E-state index in [1.807, 2.05) is 0 Å². The van der Waals surface area contributed by atoms with Gasteiger partial charge in [-0.25, -0.2) is 4.39 Å². The Morgan fingerprint density at radius 2 is 1.89 bits per heavy atom. The van der Waals surface area contributed by atoms with E-state index < -0.39 is 10.7 Å². The van der Waals surface area contributed by atoms with Crippen LogP contribution in [-0.4, -0.2) is 11.0 Å². The Morgan fingerprint density at radius 1 is 1.32 bits per heavy atom. The van der Waals surface area contributed by atoms with E-state index in [1.54, 1.807) is 0 Å². The van der Waals surface area contributed by atoms with Crippen molar-refractivity contribution in [3.8, 4) is 0 Å². The fourth-order valence-electron chi connectivity index (χ4n) is 2.51. The summed E-state index contributed by atoms with van der Waals surface area (Å²) in [5, 5.41) is 14.3. The number of hydrogen-bond acceptors (Lipinski definition) is 3. The Bertz CT molecular complexity index is 518. The molecule has 0 bridgehead atoms. The molecule has 6 heteroatoms. The zero-order chi connectivity index (χ0) is 13.6. The maximum atomic E-state index is 13.4. The Labute approximate surface area is 118 Å². The Kier molecular flexibility index (Phi) is 3.20. The second kappa shape index (κ2) is 4.74. The summed E-state index contributed by atoms with van der Waals surface area (Å²) in [5.74, 6) is 0.638. The zero-order valence-corrected chi connectivity index (χ0v) is 11.8. The zero-order valence-electron chi connectivity index (χ0n) is 10.2. The van der Waals surface area contributed by atoms with Gasteiger partial charge < -0.3 is 5.32 Å². The first kappa shape index (κ1) is 12.8. The number of nitro groups is 1. The van der Waals surface area contributed by atoms with Gasteiger partial charge in [-0.1, -0.05) is 0 Å². The normalized spacial score (nSPS) is 18.7. The lowest BCUT2D eigenvalue weighted by Gasteiger charge is -2.19. The minimum absolute atomic E-state index is 0.188. The van der Waals surface area contributed by atoms with Crippen LogP contribution in [0.2, 0.25) is 0 Å². The van der Waals surface area contributed by atoms with Crippen LogP contribution in [0.1, 0.15) is 25.7 Å². The first-order valence-electron chi connectivity index (χ1n) is 6.46.